The van der Waals surface area contributed by atoms with Gasteiger partial charge in [0.15, 0.2) is 5.82 Å². The number of nitrogens with zero attached hydrogens (tertiary/aromatic N) is 3. The minimum atomic E-state index is -0.682. The molecule has 0 unspecified atom stereocenters. The van der Waals surface area contributed by atoms with E-state index in [4.69, 9.17) is 26.6 Å². The predicted octanol–water partition coefficient (Wildman–Crippen LogP) is 4.18. The van der Waals surface area contributed by atoms with Crippen LogP contribution < -0.4 is 15.8 Å². The lowest BCUT2D eigenvalue weighted by atomic mass is 10.2. The second-order valence-corrected chi connectivity index (χ2v) is 8.41. The number of carbonyl (C=O) groups is 1. The molecule has 0 aliphatic heterocycles. The van der Waals surface area contributed by atoms with Crippen molar-refractivity contribution in [3.8, 4) is 23.0 Å². The number of hydrogen-bond donors (Lipinski definition) is 2. The largest absolute Gasteiger partial charge is 0.497 e. The summed E-state index contributed by atoms with van der Waals surface area (Å²) in [7, 11) is 1.61. The van der Waals surface area contributed by atoms with Gasteiger partial charge in [0.2, 0.25) is 5.91 Å². The third-order valence-corrected chi connectivity index (χ3v) is 6.11. The number of aromatic nitrogens is 3. The number of ether oxygens (including phenoxy) is 1. The number of nitrogens with one attached hydrogen (secondary N) is 1. The average Bonchev–Trinajstić information content (AvgIpc) is 3.31. The zero-order valence-corrected chi connectivity index (χ0v) is 19.7. The number of nitrogens with two attached hydrogens (primary N) is 1. The van der Waals surface area contributed by atoms with Gasteiger partial charge >= 0.3 is 0 Å². The second kappa shape index (κ2) is 8.70. The van der Waals surface area contributed by atoms with Gasteiger partial charge in [-0.2, -0.15) is 4.98 Å². The van der Waals surface area contributed by atoms with Crippen molar-refractivity contribution in [1.82, 2.24) is 20.0 Å². The van der Waals surface area contributed by atoms with E-state index in [2.05, 4.69) is 15.5 Å². The fraction of sp³-hybridized carbons (Fsp3) is 0.261. The molecule has 4 aromatic rings. The van der Waals surface area contributed by atoms with Crippen LogP contribution in [0.1, 0.15) is 24.2 Å². The van der Waals surface area contributed by atoms with E-state index in [-0.39, 0.29) is 18.3 Å². The van der Waals surface area contributed by atoms with Crippen molar-refractivity contribution in [2.24, 2.45) is 5.73 Å². The molecule has 2 heterocycles. The Morgan fingerprint density at radius 2 is 2.00 bits per heavy atom. The van der Waals surface area contributed by atoms with Gasteiger partial charge in [-0.1, -0.05) is 28.9 Å². The highest BCUT2D eigenvalue weighted by molar-refractivity contribution is 6.38. The van der Waals surface area contributed by atoms with Crippen LogP contribution in [-0.2, 0) is 11.3 Å². The quantitative estimate of drug-likeness (QED) is 0.422. The second-order valence-electron chi connectivity index (χ2n) is 8.03. The smallest absolute Gasteiger partial charge is 0.276 e. The summed E-state index contributed by atoms with van der Waals surface area (Å²) in [6.07, 6.45) is 1.48. The van der Waals surface area contributed by atoms with Crippen molar-refractivity contribution in [3.63, 3.8) is 0 Å². The number of fused-ring (bicyclic) bond motifs is 1. The standard InChI is InChI=1S/C23H22ClN5O3.ClH/c1-13-27-21(32-28-13)20-19(24)17-11-16(31-2)7-8-18(17)29(20)15-5-3-14(4-6-15)12-26-22(30)23(25)9-10-23;/h3-8,11H,9-10,12,25H2,1-2H3,(H,26,30);1H. The van der Waals surface area contributed by atoms with Crippen LogP contribution in [0.2, 0.25) is 5.02 Å². The lowest BCUT2D eigenvalue weighted by molar-refractivity contribution is -0.123. The van der Waals surface area contributed by atoms with E-state index in [0.717, 1.165) is 35.0 Å². The molecule has 0 radical (unpaired) electrons. The Labute approximate surface area is 201 Å². The van der Waals surface area contributed by atoms with Crippen LogP contribution in [0.4, 0.5) is 0 Å². The van der Waals surface area contributed by atoms with Gasteiger partial charge in [0.05, 0.1) is 23.2 Å². The van der Waals surface area contributed by atoms with E-state index in [0.29, 0.717) is 34.7 Å². The number of benzene rings is 2. The maximum absolute atomic E-state index is 12.1. The molecule has 0 spiro atoms. The van der Waals surface area contributed by atoms with Gasteiger partial charge in [-0.25, -0.2) is 0 Å². The molecule has 172 valence electrons. The number of carbonyl (C=O) groups excluding carboxylic acids is 1. The maximum atomic E-state index is 12.1. The molecule has 3 N–H and O–H groups in total. The highest BCUT2D eigenvalue weighted by atomic mass is 35.5. The van der Waals surface area contributed by atoms with Gasteiger partial charge in [0.1, 0.15) is 11.4 Å². The van der Waals surface area contributed by atoms with Gasteiger partial charge in [0, 0.05) is 17.6 Å². The summed E-state index contributed by atoms with van der Waals surface area (Å²) in [5, 5.41) is 8.14. The van der Waals surface area contributed by atoms with Crippen molar-refractivity contribution < 1.29 is 14.1 Å². The molecule has 0 bridgehead atoms. The van der Waals surface area contributed by atoms with Crippen LogP contribution in [0.15, 0.2) is 47.0 Å². The van der Waals surface area contributed by atoms with Gasteiger partial charge in [-0.15, -0.1) is 12.4 Å². The van der Waals surface area contributed by atoms with Gasteiger partial charge in [-0.05, 0) is 55.7 Å². The average molecular weight is 488 g/mol. The highest BCUT2D eigenvalue weighted by Crippen LogP contribution is 2.40. The summed E-state index contributed by atoms with van der Waals surface area (Å²) in [6.45, 7) is 2.17. The Kier molecular flexibility index (Phi) is 6.09. The van der Waals surface area contributed by atoms with Crippen molar-refractivity contribution in [2.45, 2.75) is 31.8 Å². The Hall–Kier alpha value is -3.07. The molecule has 2 aromatic carbocycles. The summed E-state index contributed by atoms with van der Waals surface area (Å²) in [5.74, 6) is 1.44. The summed E-state index contributed by atoms with van der Waals surface area (Å²) < 4.78 is 12.8. The molecule has 10 heteroatoms. The first-order chi connectivity index (χ1) is 15.4. The molecule has 1 saturated carbocycles. The monoisotopic (exact) mass is 487 g/mol. The van der Waals surface area contributed by atoms with E-state index < -0.39 is 5.54 Å². The number of amides is 1. The van der Waals surface area contributed by atoms with Crippen LogP contribution in [0.3, 0.4) is 0 Å². The Morgan fingerprint density at radius 3 is 2.61 bits per heavy atom. The van der Waals surface area contributed by atoms with E-state index >= 15 is 0 Å². The van der Waals surface area contributed by atoms with E-state index in [1.54, 1.807) is 14.0 Å². The lowest BCUT2D eigenvalue weighted by Crippen LogP contribution is -2.42. The van der Waals surface area contributed by atoms with Crippen LogP contribution in [-0.4, -0.2) is 33.3 Å². The molecule has 1 aliphatic rings. The molecule has 0 saturated heterocycles. The maximum Gasteiger partial charge on any atom is 0.276 e. The molecule has 8 nitrogen and oxygen atoms in total. The van der Waals surface area contributed by atoms with Gasteiger partial charge in [-0.3, -0.25) is 4.79 Å². The van der Waals surface area contributed by atoms with E-state index in [1.807, 2.05) is 47.0 Å². The number of halogens is 2. The van der Waals surface area contributed by atoms with E-state index in [9.17, 15) is 4.79 Å². The molecule has 0 atom stereocenters. The van der Waals surface area contributed by atoms with Crippen LogP contribution >= 0.6 is 24.0 Å². The first-order valence-electron chi connectivity index (χ1n) is 10.2. The van der Waals surface area contributed by atoms with Crippen molar-refractivity contribution >= 4 is 40.8 Å². The first kappa shape index (κ1) is 23.1. The topological polar surface area (TPSA) is 108 Å². The molecule has 1 aliphatic carbocycles. The van der Waals surface area contributed by atoms with Crippen LogP contribution in [0, 0.1) is 6.92 Å². The molecule has 2 aromatic heterocycles. The Morgan fingerprint density at radius 1 is 1.27 bits per heavy atom. The van der Waals surface area contributed by atoms with Crippen LogP contribution in [0.25, 0.3) is 28.2 Å². The first-order valence-corrected chi connectivity index (χ1v) is 10.6. The molecular weight excluding hydrogens is 465 g/mol. The number of methoxy groups -OCH3 is 1. The molecular formula is C23H23Cl2N5O3. The van der Waals surface area contributed by atoms with Crippen molar-refractivity contribution in [3.05, 3.63) is 58.9 Å². The SMILES string of the molecule is COc1ccc2c(c1)c(Cl)c(-c1nc(C)no1)n2-c1ccc(CNC(=O)C2(N)CC2)cc1.Cl. The fourth-order valence-electron chi connectivity index (χ4n) is 3.69. The third kappa shape index (κ3) is 4.17. The molecule has 1 fully saturated rings. The molecule has 33 heavy (non-hydrogen) atoms. The zero-order valence-electron chi connectivity index (χ0n) is 18.1. The third-order valence-electron chi connectivity index (χ3n) is 5.73. The minimum Gasteiger partial charge on any atom is -0.497 e. The molecule has 5 rings (SSSR count). The minimum absolute atomic E-state index is 0. The molecule has 1 amide bonds. The van der Waals surface area contributed by atoms with Gasteiger partial charge < -0.3 is 24.9 Å². The normalized spacial score (nSPS) is 14.1. The fourth-order valence-corrected chi connectivity index (χ4v) is 4.01. The summed E-state index contributed by atoms with van der Waals surface area (Å²) in [6, 6.07) is 13.5. The van der Waals surface area contributed by atoms with E-state index in [1.165, 1.54) is 0 Å². The Balaban J connectivity index is 0.00000259. The number of hydrogen-bond acceptors (Lipinski definition) is 6. The summed E-state index contributed by atoms with van der Waals surface area (Å²) >= 11 is 6.79. The number of aryl methyl sites for hydroxylation is 1. The summed E-state index contributed by atoms with van der Waals surface area (Å²) in [5.41, 5.74) is 8.58. The predicted molar refractivity (Wildman–Crippen MR) is 128 cm³/mol. The summed E-state index contributed by atoms with van der Waals surface area (Å²) in [4.78, 5) is 16.5. The zero-order chi connectivity index (χ0) is 22.5. The number of rotatable bonds is 6. The van der Waals surface area contributed by atoms with Crippen LogP contribution in [0.5, 0.6) is 5.75 Å². The lowest BCUT2D eigenvalue weighted by Gasteiger charge is -2.12. The Bertz CT molecular complexity index is 1330. The van der Waals surface area contributed by atoms with Gasteiger partial charge in [0.25, 0.3) is 5.89 Å². The van der Waals surface area contributed by atoms with Crippen molar-refractivity contribution in [2.75, 3.05) is 7.11 Å². The highest BCUT2D eigenvalue weighted by Gasteiger charge is 2.45. The van der Waals surface area contributed by atoms with Crippen molar-refractivity contribution in [1.29, 1.82) is 0 Å².